The lowest BCUT2D eigenvalue weighted by Gasteiger charge is -2.14. The third kappa shape index (κ3) is 7.35. The number of hydrogen-bond donors (Lipinski definition) is 4. The maximum absolute atomic E-state index is 13.5. The van der Waals surface area contributed by atoms with Gasteiger partial charge in [-0.2, -0.15) is 5.26 Å². The van der Waals surface area contributed by atoms with Crippen LogP contribution in [0.1, 0.15) is 27.9 Å². The van der Waals surface area contributed by atoms with Crippen molar-refractivity contribution in [3.05, 3.63) is 83.2 Å². The first-order valence-electron chi connectivity index (χ1n) is 11.3. The molecule has 0 aliphatic heterocycles. The number of carbonyl (C=O) groups excluding carboxylic acids is 2. The summed E-state index contributed by atoms with van der Waals surface area (Å²) in [6.07, 6.45) is 0.746. The van der Waals surface area contributed by atoms with Gasteiger partial charge in [-0.3, -0.25) is 9.59 Å². The molecule has 0 bridgehead atoms. The van der Waals surface area contributed by atoms with E-state index in [1.54, 1.807) is 36.4 Å². The van der Waals surface area contributed by atoms with Gasteiger partial charge >= 0.3 is 0 Å². The summed E-state index contributed by atoms with van der Waals surface area (Å²) < 4.78 is 13.5. The number of aromatic nitrogens is 1. The summed E-state index contributed by atoms with van der Waals surface area (Å²) in [5.74, 6) is -0.506. The molecule has 2 aromatic carbocycles. The van der Waals surface area contributed by atoms with Gasteiger partial charge in [-0.25, -0.2) is 9.37 Å². The van der Waals surface area contributed by atoms with Crippen LogP contribution >= 0.6 is 0 Å². The summed E-state index contributed by atoms with van der Waals surface area (Å²) in [6.45, 7) is 1.18. The van der Waals surface area contributed by atoms with E-state index in [2.05, 4.69) is 27.0 Å². The number of benzene rings is 2. The summed E-state index contributed by atoms with van der Waals surface area (Å²) >= 11 is 0. The van der Waals surface area contributed by atoms with E-state index in [0.717, 1.165) is 5.56 Å². The molecule has 0 aliphatic carbocycles. The summed E-state index contributed by atoms with van der Waals surface area (Å²) in [4.78, 5) is 29.0. The van der Waals surface area contributed by atoms with Gasteiger partial charge in [0.25, 0.3) is 5.91 Å². The third-order valence-corrected chi connectivity index (χ3v) is 5.16. The topological polar surface area (TPSA) is 133 Å². The number of nitrogens with one attached hydrogen (secondary N) is 3. The molecule has 35 heavy (non-hydrogen) atoms. The predicted molar refractivity (Wildman–Crippen MR) is 132 cm³/mol. The van der Waals surface area contributed by atoms with Crippen LogP contribution in [0.15, 0.2) is 60.7 Å². The SMILES string of the molecule is N#Cc1ccccc1-c1ccc(C(=O)NCCNC(=O)CCN)c(NCCc2cccc(F)c2)n1. The Hall–Kier alpha value is -4.29. The Morgan fingerprint density at radius 3 is 2.57 bits per heavy atom. The molecule has 1 aromatic heterocycles. The molecule has 5 N–H and O–H groups in total. The van der Waals surface area contributed by atoms with E-state index in [1.807, 2.05) is 12.1 Å². The van der Waals surface area contributed by atoms with E-state index in [0.29, 0.717) is 41.2 Å². The average Bonchev–Trinajstić information content (AvgIpc) is 2.86. The molecule has 2 amide bonds. The normalized spacial score (nSPS) is 10.3. The number of nitrogens with zero attached hydrogens (tertiary/aromatic N) is 2. The zero-order valence-electron chi connectivity index (χ0n) is 19.2. The van der Waals surface area contributed by atoms with E-state index in [1.165, 1.54) is 12.1 Å². The molecule has 0 fully saturated rings. The van der Waals surface area contributed by atoms with Gasteiger partial charge in [0.05, 0.1) is 22.9 Å². The Labute approximate surface area is 203 Å². The van der Waals surface area contributed by atoms with Crippen molar-refractivity contribution in [3.8, 4) is 17.3 Å². The molecule has 0 saturated heterocycles. The van der Waals surface area contributed by atoms with Crippen LogP contribution in [0, 0.1) is 17.1 Å². The second-order valence-corrected chi connectivity index (χ2v) is 7.70. The maximum atomic E-state index is 13.5. The van der Waals surface area contributed by atoms with Gasteiger partial charge in [0.15, 0.2) is 0 Å². The zero-order valence-corrected chi connectivity index (χ0v) is 19.2. The second-order valence-electron chi connectivity index (χ2n) is 7.70. The molecular formula is C26H27FN6O2. The predicted octanol–water partition coefficient (Wildman–Crippen LogP) is 2.61. The second kappa shape index (κ2) is 12.8. The minimum atomic E-state index is -0.362. The number of carbonyl (C=O) groups is 2. The first-order valence-corrected chi connectivity index (χ1v) is 11.3. The van der Waals surface area contributed by atoms with Gasteiger partial charge in [0.1, 0.15) is 11.6 Å². The molecule has 1 heterocycles. The number of hydrogen-bond acceptors (Lipinski definition) is 6. The van der Waals surface area contributed by atoms with Crippen molar-refractivity contribution in [1.82, 2.24) is 15.6 Å². The first kappa shape index (κ1) is 25.3. The van der Waals surface area contributed by atoms with Gasteiger partial charge in [0.2, 0.25) is 5.91 Å². The fourth-order valence-corrected chi connectivity index (χ4v) is 3.44. The van der Waals surface area contributed by atoms with Gasteiger partial charge in [-0.1, -0.05) is 30.3 Å². The third-order valence-electron chi connectivity index (χ3n) is 5.16. The Balaban J connectivity index is 1.77. The molecule has 8 nitrogen and oxygen atoms in total. The van der Waals surface area contributed by atoms with Gasteiger partial charge in [-0.05, 0) is 42.3 Å². The average molecular weight is 475 g/mol. The van der Waals surface area contributed by atoms with Gasteiger partial charge < -0.3 is 21.7 Å². The van der Waals surface area contributed by atoms with E-state index < -0.39 is 0 Å². The highest BCUT2D eigenvalue weighted by Crippen LogP contribution is 2.25. The zero-order chi connectivity index (χ0) is 25.0. The Morgan fingerprint density at radius 2 is 1.80 bits per heavy atom. The van der Waals surface area contributed by atoms with E-state index in [-0.39, 0.29) is 43.7 Å². The molecule has 3 aromatic rings. The molecule has 0 radical (unpaired) electrons. The molecule has 0 atom stereocenters. The van der Waals surface area contributed by atoms with Crippen molar-refractivity contribution >= 4 is 17.6 Å². The number of halogens is 1. The molecule has 0 spiro atoms. The van der Waals surface area contributed by atoms with Gasteiger partial charge in [-0.15, -0.1) is 0 Å². The Bertz CT molecular complexity index is 1220. The highest BCUT2D eigenvalue weighted by atomic mass is 19.1. The Kier molecular flexibility index (Phi) is 9.28. The number of pyridine rings is 1. The van der Waals surface area contributed by atoms with Crippen LogP contribution in [0.4, 0.5) is 10.2 Å². The number of nitriles is 1. The van der Waals surface area contributed by atoms with Crippen molar-refractivity contribution in [1.29, 1.82) is 5.26 Å². The van der Waals surface area contributed by atoms with Crippen LogP contribution in [-0.2, 0) is 11.2 Å². The van der Waals surface area contributed by atoms with E-state index in [9.17, 15) is 19.2 Å². The molecular weight excluding hydrogens is 447 g/mol. The van der Waals surface area contributed by atoms with E-state index >= 15 is 0 Å². The van der Waals surface area contributed by atoms with Crippen LogP contribution in [0.3, 0.4) is 0 Å². The fourth-order valence-electron chi connectivity index (χ4n) is 3.44. The molecule has 0 unspecified atom stereocenters. The number of nitrogens with two attached hydrogens (primary N) is 1. The summed E-state index contributed by atoms with van der Waals surface area (Å²) in [5.41, 5.74) is 8.14. The molecule has 180 valence electrons. The maximum Gasteiger partial charge on any atom is 0.255 e. The van der Waals surface area contributed by atoms with E-state index in [4.69, 9.17) is 5.73 Å². The largest absolute Gasteiger partial charge is 0.369 e. The quantitative estimate of drug-likeness (QED) is 0.316. The molecule has 9 heteroatoms. The smallest absolute Gasteiger partial charge is 0.255 e. The molecule has 0 saturated carbocycles. The standard InChI is InChI=1S/C26H27FN6O2/c27-20-6-3-4-18(16-20)11-13-31-25-22(26(35)32-15-14-30-24(34)10-12-28)8-9-23(33-25)21-7-2-1-5-19(21)17-29/h1-9,16H,10-15,28H2,(H,30,34)(H,31,33)(H,32,35). The number of amides is 2. The van der Waals surface area contributed by atoms with Crippen LogP contribution < -0.4 is 21.7 Å². The van der Waals surface area contributed by atoms with Crippen molar-refractivity contribution in [2.24, 2.45) is 5.73 Å². The van der Waals surface area contributed by atoms with Crippen LogP contribution in [-0.4, -0.2) is 43.0 Å². The van der Waals surface area contributed by atoms with Crippen LogP contribution in [0.2, 0.25) is 0 Å². The van der Waals surface area contributed by atoms with Crippen molar-refractivity contribution in [3.63, 3.8) is 0 Å². The van der Waals surface area contributed by atoms with Gasteiger partial charge in [0, 0.05) is 38.2 Å². The lowest BCUT2D eigenvalue weighted by molar-refractivity contribution is -0.120. The lowest BCUT2D eigenvalue weighted by Crippen LogP contribution is -2.35. The highest BCUT2D eigenvalue weighted by Gasteiger charge is 2.15. The highest BCUT2D eigenvalue weighted by molar-refractivity contribution is 5.99. The number of anilines is 1. The van der Waals surface area contributed by atoms with Crippen molar-refractivity contribution in [2.75, 3.05) is 31.5 Å². The first-order chi connectivity index (χ1) is 17.0. The molecule has 0 aliphatic rings. The fraction of sp³-hybridized carbons (Fsp3) is 0.231. The van der Waals surface area contributed by atoms with Crippen LogP contribution in [0.25, 0.3) is 11.3 Å². The summed E-state index contributed by atoms with van der Waals surface area (Å²) in [6, 6.07) is 18.9. The summed E-state index contributed by atoms with van der Waals surface area (Å²) in [5, 5.41) is 18.1. The van der Waals surface area contributed by atoms with Crippen LogP contribution in [0.5, 0.6) is 0 Å². The Morgan fingerprint density at radius 1 is 1.00 bits per heavy atom. The number of rotatable bonds is 11. The summed E-state index contributed by atoms with van der Waals surface area (Å²) in [7, 11) is 0. The lowest BCUT2D eigenvalue weighted by atomic mass is 10.0. The molecule has 3 rings (SSSR count). The monoisotopic (exact) mass is 474 g/mol. The minimum Gasteiger partial charge on any atom is -0.369 e. The minimum absolute atomic E-state index is 0.177. The van der Waals surface area contributed by atoms with Crippen molar-refractivity contribution < 1.29 is 14.0 Å². The van der Waals surface area contributed by atoms with Crippen molar-refractivity contribution in [2.45, 2.75) is 12.8 Å².